The number of rotatable bonds is 2. The molecule has 0 amide bonds. The lowest BCUT2D eigenvalue weighted by Crippen LogP contribution is -2.21. The van der Waals surface area contributed by atoms with Gasteiger partial charge < -0.3 is 9.84 Å². The highest BCUT2D eigenvalue weighted by Crippen LogP contribution is 2.36. The third-order valence-electron chi connectivity index (χ3n) is 1.67. The van der Waals surface area contributed by atoms with Crippen molar-refractivity contribution >= 4 is 28.6 Å². The number of aromatic nitrogens is 1. The lowest BCUT2D eigenvalue weighted by atomic mass is 10.2. The molecule has 0 spiro atoms. The van der Waals surface area contributed by atoms with Gasteiger partial charge in [-0.15, -0.1) is 13.2 Å². The van der Waals surface area contributed by atoms with Gasteiger partial charge in [0, 0.05) is 0 Å². The molecule has 11 heteroatoms. The molecular formula is C8H2F6INO3. The molecule has 0 aliphatic carbocycles. The van der Waals surface area contributed by atoms with Crippen LogP contribution in [0.1, 0.15) is 16.1 Å². The normalized spacial score (nSPS) is 12.4. The van der Waals surface area contributed by atoms with Crippen molar-refractivity contribution in [3.63, 3.8) is 0 Å². The Morgan fingerprint density at radius 1 is 1.26 bits per heavy atom. The van der Waals surface area contributed by atoms with Crippen molar-refractivity contribution in [2.45, 2.75) is 12.5 Å². The molecule has 1 N–H and O–H groups in total. The molecular weight excluding hydrogens is 399 g/mol. The Kier molecular flexibility index (Phi) is 4.17. The Hall–Kier alpha value is -1.27. The summed E-state index contributed by atoms with van der Waals surface area (Å²) >= 11 is 1.07. The molecule has 1 aromatic rings. The summed E-state index contributed by atoms with van der Waals surface area (Å²) < 4.78 is 75.8. The van der Waals surface area contributed by atoms with Crippen molar-refractivity contribution < 1.29 is 41.0 Å². The summed E-state index contributed by atoms with van der Waals surface area (Å²) in [6.45, 7) is 0. The van der Waals surface area contributed by atoms with Gasteiger partial charge in [0.2, 0.25) is 0 Å². The minimum Gasteiger partial charge on any atom is -0.476 e. The molecule has 1 rings (SSSR count). The Balaban J connectivity index is 3.44. The molecule has 0 aromatic carbocycles. The fraction of sp³-hybridized carbons (Fsp3) is 0.250. The third kappa shape index (κ3) is 4.11. The van der Waals surface area contributed by atoms with E-state index in [-0.39, 0.29) is 6.07 Å². The molecule has 0 unspecified atom stereocenters. The van der Waals surface area contributed by atoms with Crippen LogP contribution in [0.3, 0.4) is 0 Å². The van der Waals surface area contributed by atoms with Gasteiger partial charge in [0.25, 0.3) is 0 Å². The second-order valence-electron chi connectivity index (χ2n) is 3.02. The number of hydrogen-bond acceptors (Lipinski definition) is 3. The van der Waals surface area contributed by atoms with E-state index in [0.717, 1.165) is 22.6 Å². The topological polar surface area (TPSA) is 59.4 Å². The van der Waals surface area contributed by atoms with Gasteiger partial charge in [-0.05, 0) is 28.7 Å². The summed E-state index contributed by atoms with van der Waals surface area (Å²) in [4.78, 5) is 13.6. The molecule has 0 aliphatic heterocycles. The summed E-state index contributed by atoms with van der Waals surface area (Å²) in [5, 5.41) is 8.59. The van der Waals surface area contributed by atoms with Crippen LogP contribution in [-0.2, 0) is 6.18 Å². The highest BCUT2D eigenvalue weighted by atomic mass is 127. The van der Waals surface area contributed by atoms with Crippen molar-refractivity contribution in [1.82, 2.24) is 4.98 Å². The molecule has 4 nitrogen and oxygen atoms in total. The van der Waals surface area contributed by atoms with E-state index in [1.165, 1.54) is 0 Å². The first-order valence-electron chi connectivity index (χ1n) is 4.18. The maximum atomic E-state index is 12.5. The standard InChI is InChI=1S/C8H2F6INO3/c9-7(10,11)2-1-3(19-8(12,13)14)4(6(17)18)16-5(2)15/h1H,(H,17,18). The van der Waals surface area contributed by atoms with Crippen molar-refractivity contribution in [2.24, 2.45) is 0 Å². The van der Waals surface area contributed by atoms with E-state index in [1.54, 1.807) is 0 Å². The van der Waals surface area contributed by atoms with Crippen LogP contribution < -0.4 is 4.74 Å². The largest absolute Gasteiger partial charge is 0.573 e. The minimum atomic E-state index is -5.33. The zero-order valence-electron chi connectivity index (χ0n) is 8.43. The molecule has 106 valence electrons. The fourth-order valence-corrected chi connectivity index (χ4v) is 1.73. The first kappa shape index (κ1) is 15.8. The minimum absolute atomic E-state index is 0.0499. The zero-order valence-corrected chi connectivity index (χ0v) is 10.6. The van der Waals surface area contributed by atoms with E-state index in [0.29, 0.717) is 0 Å². The lowest BCUT2D eigenvalue weighted by Gasteiger charge is -2.14. The van der Waals surface area contributed by atoms with Crippen LogP contribution in [0.15, 0.2) is 6.07 Å². The molecule has 0 saturated heterocycles. The van der Waals surface area contributed by atoms with Crippen LogP contribution in [0, 0.1) is 3.70 Å². The van der Waals surface area contributed by atoms with Crippen molar-refractivity contribution in [3.05, 3.63) is 21.0 Å². The third-order valence-corrected chi connectivity index (χ3v) is 2.50. The van der Waals surface area contributed by atoms with Gasteiger partial charge in [0.05, 0.1) is 5.56 Å². The number of halogens is 7. The van der Waals surface area contributed by atoms with Crippen LogP contribution in [0.2, 0.25) is 0 Å². The maximum Gasteiger partial charge on any atom is 0.573 e. The molecule has 1 aromatic heterocycles. The first-order valence-corrected chi connectivity index (χ1v) is 5.26. The highest BCUT2D eigenvalue weighted by Gasteiger charge is 2.39. The maximum absolute atomic E-state index is 12.5. The van der Waals surface area contributed by atoms with E-state index in [1.807, 2.05) is 0 Å². The highest BCUT2D eigenvalue weighted by molar-refractivity contribution is 14.1. The summed E-state index contributed by atoms with van der Waals surface area (Å²) in [5.41, 5.74) is -2.77. The monoisotopic (exact) mass is 401 g/mol. The Morgan fingerprint density at radius 2 is 1.79 bits per heavy atom. The van der Waals surface area contributed by atoms with Gasteiger partial charge in [-0.3, -0.25) is 0 Å². The average molecular weight is 401 g/mol. The fourth-order valence-electron chi connectivity index (χ4n) is 1.03. The smallest absolute Gasteiger partial charge is 0.476 e. The number of aromatic carboxylic acids is 1. The van der Waals surface area contributed by atoms with Crippen LogP contribution in [0.4, 0.5) is 26.3 Å². The molecule has 0 bridgehead atoms. The summed E-state index contributed by atoms with van der Waals surface area (Å²) in [6.07, 6.45) is -10.3. The Bertz CT molecular complexity index is 512. The average Bonchev–Trinajstić information content (AvgIpc) is 2.15. The van der Waals surface area contributed by atoms with Gasteiger partial charge in [-0.25, -0.2) is 9.78 Å². The van der Waals surface area contributed by atoms with E-state index in [4.69, 9.17) is 5.11 Å². The van der Waals surface area contributed by atoms with Crippen molar-refractivity contribution in [2.75, 3.05) is 0 Å². The van der Waals surface area contributed by atoms with Crippen molar-refractivity contribution in [1.29, 1.82) is 0 Å². The van der Waals surface area contributed by atoms with Gasteiger partial charge in [-0.1, -0.05) is 0 Å². The Morgan fingerprint density at radius 3 is 2.16 bits per heavy atom. The lowest BCUT2D eigenvalue weighted by molar-refractivity contribution is -0.275. The predicted octanol–water partition coefficient (Wildman–Crippen LogP) is 3.30. The van der Waals surface area contributed by atoms with E-state index in [2.05, 4.69) is 9.72 Å². The number of carboxylic acid groups (broad SMARTS) is 1. The van der Waals surface area contributed by atoms with Crippen LogP contribution >= 0.6 is 22.6 Å². The predicted molar refractivity (Wildman–Crippen MR) is 55.6 cm³/mol. The van der Waals surface area contributed by atoms with E-state index in [9.17, 15) is 31.1 Å². The van der Waals surface area contributed by atoms with Crippen LogP contribution in [0.25, 0.3) is 0 Å². The number of pyridine rings is 1. The second-order valence-corrected chi connectivity index (χ2v) is 4.05. The Labute approximate surface area is 114 Å². The van der Waals surface area contributed by atoms with E-state index < -0.39 is 39.2 Å². The number of carbonyl (C=O) groups is 1. The molecule has 0 aliphatic rings. The van der Waals surface area contributed by atoms with Crippen LogP contribution in [0.5, 0.6) is 5.75 Å². The summed E-state index contributed by atoms with van der Waals surface area (Å²) in [7, 11) is 0. The summed E-state index contributed by atoms with van der Waals surface area (Å²) in [5.74, 6) is -3.46. The SMILES string of the molecule is O=C(O)c1nc(I)c(C(F)(F)F)cc1OC(F)(F)F. The molecule has 0 radical (unpaired) electrons. The van der Waals surface area contributed by atoms with Crippen molar-refractivity contribution in [3.8, 4) is 5.75 Å². The van der Waals surface area contributed by atoms with Gasteiger partial charge in [-0.2, -0.15) is 13.2 Å². The summed E-state index contributed by atoms with van der Waals surface area (Å²) in [6, 6.07) is -0.0499. The zero-order chi connectivity index (χ0) is 15.0. The van der Waals surface area contributed by atoms with Gasteiger partial charge in [0.15, 0.2) is 11.4 Å². The number of carboxylic acids is 1. The number of ether oxygens (including phenoxy) is 1. The molecule has 1 heterocycles. The quantitative estimate of drug-likeness (QED) is 0.470. The number of alkyl halides is 6. The van der Waals surface area contributed by atoms with Gasteiger partial charge >= 0.3 is 18.5 Å². The van der Waals surface area contributed by atoms with Crippen LogP contribution in [-0.4, -0.2) is 22.4 Å². The van der Waals surface area contributed by atoms with E-state index >= 15 is 0 Å². The molecule has 19 heavy (non-hydrogen) atoms. The first-order chi connectivity index (χ1) is 8.42. The molecule has 0 atom stereocenters. The second kappa shape index (κ2) is 5.02. The number of hydrogen-bond donors (Lipinski definition) is 1. The van der Waals surface area contributed by atoms with Gasteiger partial charge in [0.1, 0.15) is 3.70 Å². The molecule has 0 fully saturated rings. The molecule has 0 saturated carbocycles. The number of nitrogens with zero attached hydrogens (tertiary/aromatic N) is 1.